The molecule has 0 spiro atoms. The summed E-state index contributed by atoms with van der Waals surface area (Å²) < 4.78 is 1.51. The second-order valence-electron chi connectivity index (χ2n) is 5.06. The zero-order chi connectivity index (χ0) is 15.6. The van der Waals surface area contributed by atoms with Crippen molar-refractivity contribution in [1.82, 2.24) is 19.5 Å². The van der Waals surface area contributed by atoms with Crippen molar-refractivity contribution in [2.75, 3.05) is 0 Å². The number of pyridine rings is 2. The van der Waals surface area contributed by atoms with E-state index in [1.165, 1.54) is 10.9 Å². The maximum Gasteiger partial charge on any atom is 0.284 e. The van der Waals surface area contributed by atoms with Crippen molar-refractivity contribution in [1.29, 1.82) is 0 Å². The van der Waals surface area contributed by atoms with Crippen molar-refractivity contribution < 1.29 is 0 Å². The third kappa shape index (κ3) is 2.38. The topological polar surface area (TPSA) is 60.7 Å². The summed E-state index contributed by atoms with van der Waals surface area (Å²) >= 11 is 0. The van der Waals surface area contributed by atoms with Gasteiger partial charge >= 0.3 is 0 Å². The van der Waals surface area contributed by atoms with Gasteiger partial charge in [0, 0.05) is 18.0 Å². The predicted molar refractivity (Wildman–Crippen MR) is 88.4 cm³/mol. The molecule has 0 unspecified atom stereocenters. The van der Waals surface area contributed by atoms with Crippen LogP contribution in [0, 0.1) is 0 Å². The lowest BCUT2D eigenvalue weighted by Crippen LogP contribution is -2.19. The first-order valence-electron chi connectivity index (χ1n) is 7.17. The number of aromatic nitrogens is 4. The maximum atomic E-state index is 12.8. The molecule has 23 heavy (non-hydrogen) atoms. The van der Waals surface area contributed by atoms with Gasteiger partial charge in [-0.25, -0.2) is 9.97 Å². The van der Waals surface area contributed by atoms with Gasteiger partial charge in [-0.2, -0.15) is 0 Å². The van der Waals surface area contributed by atoms with Crippen LogP contribution in [0.5, 0.6) is 0 Å². The van der Waals surface area contributed by atoms with E-state index in [4.69, 9.17) is 0 Å². The highest BCUT2D eigenvalue weighted by Crippen LogP contribution is 2.18. The Morgan fingerprint density at radius 3 is 2.43 bits per heavy atom. The van der Waals surface area contributed by atoms with Crippen LogP contribution in [0.15, 0.2) is 78.1 Å². The minimum Gasteiger partial charge on any atom is -0.266 e. The van der Waals surface area contributed by atoms with Crippen LogP contribution >= 0.6 is 0 Å². The van der Waals surface area contributed by atoms with Gasteiger partial charge in [-0.15, -0.1) is 0 Å². The Hall–Kier alpha value is -3.34. The molecular formula is C18H12N4O. The molecule has 0 fully saturated rings. The fourth-order valence-electron chi connectivity index (χ4n) is 2.46. The Labute approximate surface area is 131 Å². The SMILES string of the molecule is O=c1c2nc(-c3ccncc3)ccc2ncn1-c1ccccc1. The molecule has 0 amide bonds. The summed E-state index contributed by atoms with van der Waals surface area (Å²) in [6, 6.07) is 16.8. The summed E-state index contributed by atoms with van der Waals surface area (Å²) in [5, 5.41) is 0. The Kier molecular flexibility index (Phi) is 3.16. The van der Waals surface area contributed by atoms with E-state index in [1.807, 2.05) is 54.6 Å². The number of hydrogen-bond donors (Lipinski definition) is 0. The molecule has 0 aliphatic carbocycles. The molecular weight excluding hydrogens is 288 g/mol. The Bertz CT molecular complexity index is 1020. The molecule has 0 bridgehead atoms. The fraction of sp³-hybridized carbons (Fsp3) is 0. The number of benzene rings is 1. The number of para-hydroxylation sites is 1. The van der Waals surface area contributed by atoms with E-state index in [-0.39, 0.29) is 5.56 Å². The van der Waals surface area contributed by atoms with Gasteiger partial charge in [-0.05, 0) is 36.4 Å². The highest BCUT2D eigenvalue weighted by Gasteiger charge is 2.09. The van der Waals surface area contributed by atoms with Crippen LogP contribution < -0.4 is 5.56 Å². The lowest BCUT2D eigenvalue weighted by Gasteiger charge is -2.07. The van der Waals surface area contributed by atoms with Crippen LogP contribution in [0.1, 0.15) is 0 Å². The number of nitrogens with zero attached hydrogens (tertiary/aromatic N) is 4. The first kappa shape index (κ1) is 13.3. The monoisotopic (exact) mass is 300 g/mol. The summed E-state index contributed by atoms with van der Waals surface area (Å²) in [5.41, 5.74) is 3.16. The largest absolute Gasteiger partial charge is 0.284 e. The predicted octanol–water partition coefficient (Wildman–Crippen LogP) is 2.84. The second kappa shape index (κ2) is 5.46. The molecule has 0 atom stereocenters. The second-order valence-corrected chi connectivity index (χ2v) is 5.06. The van der Waals surface area contributed by atoms with Crippen LogP contribution in [0.4, 0.5) is 0 Å². The number of fused-ring (bicyclic) bond motifs is 1. The fourth-order valence-corrected chi connectivity index (χ4v) is 2.46. The van der Waals surface area contributed by atoms with Gasteiger partial charge in [-0.1, -0.05) is 18.2 Å². The average Bonchev–Trinajstić information content (AvgIpc) is 2.63. The van der Waals surface area contributed by atoms with E-state index in [9.17, 15) is 4.79 Å². The van der Waals surface area contributed by atoms with Crippen LogP contribution in [-0.4, -0.2) is 19.5 Å². The van der Waals surface area contributed by atoms with Gasteiger partial charge in [0.2, 0.25) is 0 Å². The third-order valence-corrected chi connectivity index (χ3v) is 3.62. The van der Waals surface area contributed by atoms with Crippen LogP contribution in [0.25, 0.3) is 28.0 Å². The summed E-state index contributed by atoms with van der Waals surface area (Å²) in [6.07, 6.45) is 4.94. The van der Waals surface area contributed by atoms with Crippen molar-refractivity contribution >= 4 is 11.0 Å². The normalized spacial score (nSPS) is 10.8. The smallest absolute Gasteiger partial charge is 0.266 e. The zero-order valence-corrected chi connectivity index (χ0v) is 12.1. The molecule has 3 aromatic heterocycles. The van der Waals surface area contributed by atoms with Crippen molar-refractivity contribution in [2.24, 2.45) is 0 Å². The van der Waals surface area contributed by atoms with Crippen molar-refractivity contribution in [3.63, 3.8) is 0 Å². The molecule has 0 saturated heterocycles. The highest BCUT2D eigenvalue weighted by molar-refractivity contribution is 5.77. The van der Waals surface area contributed by atoms with E-state index < -0.39 is 0 Å². The molecule has 0 aliphatic rings. The molecule has 0 aliphatic heterocycles. The Balaban J connectivity index is 1.94. The van der Waals surface area contributed by atoms with E-state index in [0.29, 0.717) is 11.0 Å². The van der Waals surface area contributed by atoms with Gasteiger partial charge in [0.05, 0.1) is 16.9 Å². The first-order valence-corrected chi connectivity index (χ1v) is 7.17. The zero-order valence-electron chi connectivity index (χ0n) is 12.1. The van der Waals surface area contributed by atoms with E-state index in [0.717, 1.165) is 16.9 Å². The van der Waals surface area contributed by atoms with Crippen LogP contribution in [0.3, 0.4) is 0 Å². The average molecular weight is 300 g/mol. The van der Waals surface area contributed by atoms with Crippen LogP contribution in [0.2, 0.25) is 0 Å². The van der Waals surface area contributed by atoms with E-state index in [1.54, 1.807) is 12.4 Å². The third-order valence-electron chi connectivity index (χ3n) is 3.62. The molecule has 5 heteroatoms. The maximum absolute atomic E-state index is 12.8. The molecule has 0 N–H and O–H groups in total. The number of rotatable bonds is 2. The first-order chi connectivity index (χ1) is 11.3. The summed E-state index contributed by atoms with van der Waals surface area (Å²) in [7, 11) is 0. The molecule has 0 saturated carbocycles. The minimum absolute atomic E-state index is 0.183. The van der Waals surface area contributed by atoms with Crippen molar-refractivity contribution in [3.05, 3.63) is 83.7 Å². The standard InChI is InChI=1S/C18H12N4O/c23-18-17-16(20-12-22(18)14-4-2-1-3-5-14)7-6-15(21-17)13-8-10-19-11-9-13/h1-12H. The van der Waals surface area contributed by atoms with Gasteiger partial charge in [0.15, 0.2) is 5.52 Å². The summed E-state index contributed by atoms with van der Waals surface area (Å²) in [4.78, 5) is 25.6. The Morgan fingerprint density at radius 1 is 0.870 bits per heavy atom. The molecule has 0 radical (unpaired) electrons. The lowest BCUT2D eigenvalue weighted by atomic mass is 10.1. The minimum atomic E-state index is -0.183. The molecule has 4 rings (SSSR count). The molecule has 110 valence electrons. The van der Waals surface area contributed by atoms with Crippen LogP contribution in [-0.2, 0) is 0 Å². The lowest BCUT2D eigenvalue weighted by molar-refractivity contribution is 0.956. The van der Waals surface area contributed by atoms with Gasteiger partial charge in [-0.3, -0.25) is 14.3 Å². The molecule has 4 aromatic rings. The van der Waals surface area contributed by atoms with E-state index >= 15 is 0 Å². The quantitative estimate of drug-likeness (QED) is 0.571. The summed E-state index contributed by atoms with van der Waals surface area (Å²) in [6.45, 7) is 0. The van der Waals surface area contributed by atoms with Crippen molar-refractivity contribution in [3.8, 4) is 16.9 Å². The van der Waals surface area contributed by atoms with Gasteiger partial charge in [0.1, 0.15) is 6.33 Å². The van der Waals surface area contributed by atoms with Crippen molar-refractivity contribution in [2.45, 2.75) is 0 Å². The highest BCUT2D eigenvalue weighted by atomic mass is 16.1. The molecule has 1 aromatic carbocycles. The van der Waals surface area contributed by atoms with Gasteiger partial charge < -0.3 is 0 Å². The molecule has 5 nitrogen and oxygen atoms in total. The summed E-state index contributed by atoms with van der Waals surface area (Å²) in [5.74, 6) is 0. The van der Waals surface area contributed by atoms with Gasteiger partial charge in [0.25, 0.3) is 5.56 Å². The Morgan fingerprint density at radius 2 is 1.65 bits per heavy atom. The van der Waals surface area contributed by atoms with E-state index in [2.05, 4.69) is 15.0 Å². The number of hydrogen-bond acceptors (Lipinski definition) is 4. The molecule has 3 heterocycles.